The highest BCUT2D eigenvalue weighted by Gasteiger charge is 2.16. The average molecular weight is 260 g/mol. The van der Waals surface area contributed by atoms with E-state index in [0.29, 0.717) is 11.6 Å². The molecule has 0 amide bonds. The smallest absolute Gasteiger partial charge is 0.320 e. The number of nitrogens with one attached hydrogen (secondary N) is 1. The topological polar surface area (TPSA) is 67.2 Å². The summed E-state index contributed by atoms with van der Waals surface area (Å²) >= 11 is 6.20. The molecule has 0 saturated carbocycles. The largest absolute Gasteiger partial charge is 0.480 e. The van der Waals surface area contributed by atoms with Crippen molar-refractivity contribution >= 4 is 17.6 Å². The maximum Gasteiger partial charge on any atom is 0.320 e. The van der Waals surface area contributed by atoms with E-state index in [-0.39, 0.29) is 0 Å². The fourth-order valence-corrected chi connectivity index (χ4v) is 1.86. The molecule has 1 aromatic heterocycles. The molecule has 0 saturated heterocycles. The average Bonchev–Trinajstić information content (AvgIpc) is 2.62. The number of hydrogen-bond acceptors (Lipinski definition) is 3. The number of nitrogens with zero attached hydrogens (tertiary/aromatic N) is 2. The molecule has 5 nitrogen and oxygen atoms in total. The first-order chi connectivity index (χ1) is 8.01. The minimum absolute atomic E-state index is 0.410. The Morgan fingerprint density at radius 1 is 1.59 bits per heavy atom. The lowest BCUT2D eigenvalue weighted by Crippen LogP contribution is -2.33. The van der Waals surface area contributed by atoms with Gasteiger partial charge >= 0.3 is 5.97 Å². The molecule has 1 rings (SSSR count). The van der Waals surface area contributed by atoms with E-state index in [1.54, 1.807) is 6.92 Å². The van der Waals surface area contributed by atoms with Crippen LogP contribution in [0.2, 0.25) is 5.02 Å². The van der Waals surface area contributed by atoms with E-state index in [0.717, 1.165) is 24.4 Å². The van der Waals surface area contributed by atoms with Gasteiger partial charge in [-0.3, -0.25) is 14.8 Å². The summed E-state index contributed by atoms with van der Waals surface area (Å²) in [6.45, 7) is 6.70. The molecule has 6 heteroatoms. The highest BCUT2D eigenvalue weighted by Crippen LogP contribution is 2.21. The van der Waals surface area contributed by atoms with Crippen molar-refractivity contribution in [3.05, 3.63) is 16.4 Å². The molecule has 2 N–H and O–H groups in total. The third-order valence-corrected chi connectivity index (χ3v) is 3.08. The summed E-state index contributed by atoms with van der Waals surface area (Å²) < 4.78 is 1.81. The predicted octanol–water partition coefficient (Wildman–Crippen LogP) is 1.68. The zero-order valence-corrected chi connectivity index (χ0v) is 11.1. The van der Waals surface area contributed by atoms with Crippen LogP contribution in [0.5, 0.6) is 0 Å². The third-order valence-electron chi connectivity index (χ3n) is 2.64. The molecule has 1 atom stereocenters. The predicted molar refractivity (Wildman–Crippen MR) is 66.2 cm³/mol. The number of halogens is 1. The summed E-state index contributed by atoms with van der Waals surface area (Å²) in [6.07, 6.45) is 0.771. The molecule has 0 bridgehead atoms. The van der Waals surface area contributed by atoms with Crippen LogP contribution in [-0.4, -0.2) is 26.9 Å². The lowest BCUT2D eigenvalue weighted by atomic mass is 10.2. The molecule has 0 radical (unpaired) electrons. The van der Waals surface area contributed by atoms with Gasteiger partial charge in [0.2, 0.25) is 0 Å². The van der Waals surface area contributed by atoms with Crippen LogP contribution < -0.4 is 5.32 Å². The van der Waals surface area contributed by atoms with Crippen molar-refractivity contribution < 1.29 is 9.90 Å². The Hall–Kier alpha value is -1.07. The van der Waals surface area contributed by atoms with Crippen LogP contribution in [0.1, 0.15) is 32.2 Å². The summed E-state index contributed by atoms with van der Waals surface area (Å²) in [4.78, 5) is 10.7. The number of carboxylic acids is 1. The number of rotatable bonds is 6. The minimum Gasteiger partial charge on any atom is -0.480 e. The van der Waals surface area contributed by atoms with Crippen molar-refractivity contribution in [1.82, 2.24) is 15.1 Å². The second-order valence-corrected chi connectivity index (χ2v) is 4.20. The monoisotopic (exact) mass is 259 g/mol. The molecule has 0 aromatic carbocycles. The van der Waals surface area contributed by atoms with Crippen molar-refractivity contribution in [2.45, 2.75) is 46.3 Å². The maximum absolute atomic E-state index is 10.7. The molecule has 1 heterocycles. The highest BCUT2D eigenvalue weighted by molar-refractivity contribution is 6.31. The number of hydrogen-bond donors (Lipinski definition) is 2. The van der Waals surface area contributed by atoms with Crippen molar-refractivity contribution in [1.29, 1.82) is 0 Å². The van der Waals surface area contributed by atoms with Gasteiger partial charge in [0, 0.05) is 13.1 Å². The molecule has 0 aliphatic carbocycles. The van der Waals surface area contributed by atoms with Crippen LogP contribution in [0.3, 0.4) is 0 Å². The van der Waals surface area contributed by atoms with Gasteiger partial charge in [-0.15, -0.1) is 0 Å². The minimum atomic E-state index is -0.876. The van der Waals surface area contributed by atoms with Gasteiger partial charge in [-0.2, -0.15) is 5.10 Å². The maximum atomic E-state index is 10.7. The molecular weight excluding hydrogens is 242 g/mol. The highest BCUT2D eigenvalue weighted by atomic mass is 35.5. The zero-order chi connectivity index (χ0) is 13.0. The van der Waals surface area contributed by atoms with Gasteiger partial charge < -0.3 is 5.11 Å². The molecule has 0 unspecified atom stereocenters. The number of aryl methyl sites for hydroxylation is 2. The Bertz CT molecular complexity index is 404. The molecule has 17 heavy (non-hydrogen) atoms. The van der Waals surface area contributed by atoms with Crippen LogP contribution in [0.15, 0.2) is 0 Å². The summed E-state index contributed by atoms with van der Waals surface area (Å²) in [7, 11) is 0. The second-order valence-electron chi connectivity index (χ2n) is 3.82. The lowest BCUT2D eigenvalue weighted by molar-refractivity contribution is -0.139. The van der Waals surface area contributed by atoms with Gasteiger partial charge in [-0.25, -0.2) is 0 Å². The summed E-state index contributed by atoms with van der Waals surface area (Å²) in [5.41, 5.74) is 1.70. The van der Waals surface area contributed by atoms with Gasteiger partial charge in [0.1, 0.15) is 6.04 Å². The van der Waals surface area contributed by atoms with Gasteiger partial charge in [0.15, 0.2) is 0 Å². The van der Waals surface area contributed by atoms with E-state index in [1.807, 2.05) is 18.5 Å². The first kappa shape index (κ1) is 14.0. The molecule has 0 fully saturated rings. The van der Waals surface area contributed by atoms with Gasteiger partial charge in [-0.1, -0.05) is 18.5 Å². The standard InChI is InChI=1S/C11H18ClN3O2/c1-4-8-10(12)9(15(5-2)14-8)6-13-7(3)11(16)17/h7,13H,4-6H2,1-3H3,(H,16,17)/t7-/m0/s1. The van der Waals surface area contributed by atoms with Gasteiger partial charge in [-0.05, 0) is 20.3 Å². The normalized spacial score (nSPS) is 12.7. The Balaban J connectivity index is 2.82. The molecule has 0 spiro atoms. The quantitative estimate of drug-likeness (QED) is 0.816. The third kappa shape index (κ3) is 3.20. The Kier molecular flexibility index (Phi) is 4.96. The van der Waals surface area contributed by atoms with E-state index < -0.39 is 12.0 Å². The number of carbonyl (C=O) groups is 1. The molecule has 1 aromatic rings. The van der Waals surface area contributed by atoms with Crippen molar-refractivity contribution in [2.75, 3.05) is 0 Å². The summed E-state index contributed by atoms with van der Waals surface area (Å²) in [5, 5.41) is 16.7. The van der Waals surface area contributed by atoms with Crippen LogP contribution in [0.25, 0.3) is 0 Å². The molecule has 96 valence electrons. The van der Waals surface area contributed by atoms with E-state index in [1.165, 1.54) is 0 Å². The number of carboxylic acid groups (broad SMARTS) is 1. The lowest BCUT2D eigenvalue weighted by Gasteiger charge is -2.10. The van der Waals surface area contributed by atoms with Crippen molar-refractivity contribution in [3.63, 3.8) is 0 Å². The molecule has 0 aliphatic heterocycles. The van der Waals surface area contributed by atoms with Crippen LogP contribution in [-0.2, 0) is 24.3 Å². The SMILES string of the molecule is CCc1nn(CC)c(CN[C@@H](C)C(=O)O)c1Cl. The fourth-order valence-electron chi connectivity index (χ4n) is 1.52. The van der Waals surface area contributed by atoms with E-state index >= 15 is 0 Å². The van der Waals surface area contributed by atoms with E-state index in [2.05, 4.69) is 10.4 Å². The van der Waals surface area contributed by atoms with Crippen LogP contribution in [0.4, 0.5) is 0 Å². The first-order valence-electron chi connectivity index (χ1n) is 5.71. The second kappa shape index (κ2) is 6.02. The Morgan fingerprint density at radius 2 is 2.24 bits per heavy atom. The number of aromatic nitrogens is 2. The zero-order valence-electron chi connectivity index (χ0n) is 10.3. The Morgan fingerprint density at radius 3 is 2.71 bits per heavy atom. The molecular formula is C11H18ClN3O2. The van der Waals surface area contributed by atoms with Gasteiger partial charge in [0.05, 0.1) is 16.4 Å². The number of aliphatic carboxylic acids is 1. The van der Waals surface area contributed by atoms with Gasteiger partial charge in [0.25, 0.3) is 0 Å². The first-order valence-corrected chi connectivity index (χ1v) is 6.09. The van der Waals surface area contributed by atoms with Crippen LogP contribution in [0, 0.1) is 0 Å². The van der Waals surface area contributed by atoms with Crippen LogP contribution >= 0.6 is 11.6 Å². The van der Waals surface area contributed by atoms with Crippen molar-refractivity contribution in [3.8, 4) is 0 Å². The summed E-state index contributed by atoms with van der Waals surface area (Å²) in [5.74, 6) is -0.876. The summed E-state index contributed by atoms with van der Waals surface area (Å²) in [6, 6.07) is -0.601. The molecule has 0 aliphatic rings. The van der Waals surface area contributed by atoms with E-state index in [4.69, 9.17) is 16.7 Å². The Labute approximate surface area is 106 Å². The fraction of sp³-hybridized carbons (Fsp3) is 0.636. The van der Waals surface area contributed by atoms with E-state index in [9.17, 15) is 4.79 Å². The van der Waals surface area contributed by atoms with Crippen molar-refractivity contribution in [2.24, 2.45) is 0 Å².